The number of piperidine rings is 1. The highest BCUT2D eigenvalue weighted by molar-refractivity contribution is 6.36. The van der Waals surface area contributed by atoms with Crippen molar-refractivity contribution in [3.8, 4) is 11.5 Å². The lowest BCUT2D eigenvalue weighted by atomic mass is 9.91. The molecule has 158 valence electrons. The van der Waals surface area contributed by atoms with Crippen molar-refractivity contribution in [2.45, 2.75) is 38.6 Å². The van der Waals surface area contributed by atoms with Gasteiger partial charge in [-0.15, -0.1) is 0 Å². The van der Waals surface area contributed by atoms with Crippen LogP contribution in [0.15, 0.2) is 67.4 Å². The van der Waals surface area contributed by atoms with Crippen molar-refractivity contribution in [1.29, 1.82) is 0 Å². The first kappa shape index (κ1) is 21.8. The van der Waals surface area contributed by atoms with Gasteiger partial charge >= 0.3 is 0 Å². The first-order valence-corrected chi connectivity index (χ1v) is 10.6. The van der Waals surface area contributed by atoms with E-state index in [0.29, 0.717) is 12.3 Å². The van der Waals surface area contributed by atoms with Gasteiger partial charge in [-0.05, 0) is 80.7 Å². The van der Waals surface area contributed by atoms with Crippen LogP contribution >= 0.6 is 0 Å². The largest absolute Gasteiger partial charge is 0.457 e. The second-order valence-electron chi connectivity index (χ2n) is 7.77. The molecule has 2 aromatic rings. The number of Topliss-reactive ketones (excluding diaryl/α,β-unsaturated/α-hetero) is 1. The standard InChI is InChI=1S/C25H30N2O3/c1-2-26-25(29)24(28)10-6-7-20-15-17-27(18-16-20)19-21-11-13-23(14-12-21)30-22-8-4-3-5-9-22/h2-5,8-9,11-14,20H,1,6-7,10,15-19H2,(H,26,29). The summed E-state index contributed by atoms with van der Waals surface area (Å²) in [5, 5.41) is 2.34. The van der Waals surface area contributed by atoms with Crippen molar-refractivity contribution in [3.05, 3.63) is 72.9 Å². The molecular weight excluding hydrogens is 376 g/mol. The first-order valence-electron chi connectivity index (χ1n) is 10.6. The van der Waals surface area contributed by atoms with E-state index in [1.807, 2.05) is 42.5 Å². The number of nitrogens with one attached hydrogen (secondary N) is 1. The number of ether oxygens (including phenoxy) is 1. The number of carbonyl (C=O) groups is 2. The van der Waals surface area contributed by atoms with Crippen LogP contribution in [0.4, 0.5) is 0 Å². The van der Waals surface area contributed by atoms with Crippen LogP contribution in [0.3, 0.4) is 0 Å². The zero-order valence-electron chi connectivity index (χ0n) is 17.4. The molecule has 0 radical (unpaired) electrons. The van der Waals surface area contributed by atoms with Crippen LogP contribution in [0.25, 0.3) is 0 Å². The molecule has 0 bridgehead atoms. The van der Waals surface area contributed by atoms with Crippen LogP contribution < -0.4 is 10.1 Å². The fourth-order valence-electron chi connectivity index (χ4n) is 3.82. The lowest BCUT2D eigenvalue weighted by molar-refractivity contribution is -0.137. The van der Waals surface area contributed by atoms with Crippen LogP contribution in [0.2, 0.25) is 0 Å². The Kier molecular flexibility index (Phi) is 8.21. The molecule has 0 saturated carbocycles. The van der Waals surface area contributed by atoms with Crippen molar-refractivity contribution in [2.24, 2.45) is 5.92 Å². The molecule has 3 rings (SSSR count). The third kappa shape index (κ3) is 6.85. The SMILES string of the molecule is C=CNC(=O)C(=O)CCCC1CCN(Cc2ccc(Oc3ccccc3)cc2)CC1. The van der Waals surface area contributed by atoms with Crippen LogP contribution in [0.5, 0.6) is 11.5 Å². The molecule has 1 saturated heterocycles. The van der Waals surface area contributed by atoms with E-state index in [2.05, 4.69) is 28.9 Å². The Balaban J connectivity index is 1.36. The summed E-state index contributed by atoms with van der Waals surface area (Å²) in [6.07, 6.45) is 5.63. The van der Waals surface area contributed by atoms with Crippen molar-refractivity contribution >= 4 is 11.7 Å². The minimum atomic E-state index is -0.556. The van der Waals surface area contributed by atoms with Gasteiger partial charge in [0.05, 0.1) is 0 Å². The van der Waals surface area contributed by atoms with Crippen LogP contribution in [-0.4, -0.2) is 29.7 Å². The predicted molar refractivity (Wildman–Crippen MR) is 118 cm³/mol. The lowest BCUT2D eigenvalue weighted by Gasteiger charge is -2.32. The summed E-state index contributed by atoms with van der Waals surface area (Å²) in [6.45, 7) is 6.48. The maximum atomic E-state index is 11.7. The quantitative estimate of drug-likeness (QED) is 0.582. The van der Waals surface area contributed by atoms with Gasteiger partial charge < -0.3 is 10.1 Å². The summed E-state index contributed by atoms with van der Waals surface area (Å²) in [4.78, 5) is 25.6. The average molecular weight is 407 g/mol. The fraction of sp³-hybridized carbons (Fsp3) is 0.360. The highest BCUT2D eigenvalue weighted by Crippen LogP contribution is 2.25. The van der Waals surface area contributed by atoms with Gasteiger partial charge in [-0.1, -0.05) is 36.9 Å². The van der Waals surface area contributed by atoms with Gasteiger partial charge in [0, 0.05) is 13.0 Å². The third-order valence-corrected chi connectivity index (χ3v) is 5.52. The van der Waals surface area contributed by atoms with E-state index in [9.17, 15) is 9.59 Å². The molecule has 1 fully saturated rings. The molecule has 2 aromatic carbocycles. The zero-order valence-corrected chi connectivity index (χ0v) is 17.4. The number of likely N-dealkylation sites (tertiary alicyclic amines) is 1. The molecule has 0 unspecified atom stereocenters. The molecule has 1 amide bonds. The van der Waals surface area contributed by atoms with Gasteiger partial charge in [0.15, 0.2) is 0 Å². The Labute approximate surface area is 178 Å². The van der Waals surface area contributed by atoms with Crippen molar-refractivity contribution in [3.63, 3.8) is 0 Å². The molecule has 0 spiro atoms. The van der Waals surface area contributed by atoms with Gasteiger partial charge in [0.1, 0.15) is 11.5 Å². The maximum Gasteiger partial charge on any atom is 0.291 e. The Morgan fingerprint density at radius 1 is 1.03 bits per heavy atom. The highest BCUT2D eigenvalue weighted by Gasteiger charge is 2.20. The van der Waals surface area contributed by atoms with E-state index in [4.69, 9.17) is 4.74 Å². The molecule has 1 aliphatic heterocycles. The van der Waals surface area contributed by atoms with Crippen LogP contribution in [-0.2, 0) is 16.1 Å². The molecule has 30 heavy (non-hydrogen) atoms. The number of ketones is 1. The van der Waals surface area contributed by atoms with Gasteiger partial charge in [0.25, 0.3) is 5.91 Å². The molecule has 0 atom stereocenters. The number of hydrogen-bond donors (Lipinski definition) is 1. The Hall–Kier alpha value is -2.92. The van der Waals surface area contributed by atoms with Gasteiger partial charge in [-0.2, -0.15) is 0 Å². The molecule has 1 N–H and O–H groups in total. The minimum absolute atomic E-state index is 0.317. The number of para-hydroxylation sites is 1. The number of nitrogens with zero attached hydrogens (tertiary/aromatic N) is 1. The topological polar surface area (TPSA) is 58.6 Å². The lowest BCUT2D eigenvalue weighted by Crippen LogP contribution is -2.33. The number of benzene rings is 2. The first-order chi connectivity index (χ1) is 14.6. The monoisotopic (exact) mass is 406 g/mol. The third-order valence-electron chi connectivity index (χ3n) is 5.52. The van der Waals surface area contributed by atoms with Gasteiger partial charge in [-0.3, -0.25) is 14.5 Å². The Morgan fingerprint density at radius 3 is 2.37 bits per heavy atom. The van der Waals surface area contributed by atoms with Gasteiger partial charge in [-0.25, -0.2) is 0 Å². The Bertz CT molecular complexity index is 825. The summed E-state index contributed by atoms with van der Waals surface area (Å²) in [7, 11) is 0. The summed E-state index contributed by atoms with van der Waals surface area (Å²) in [5.74, 6) is 1.42. The van der Waals surface area contributed by atoms with Crippen LogP contribution in [0, 0.1) is 5.92 Å². The second kappa shape index (κ2) is 11.3. The number of carbonyl (C=O) groups excluding carboxylic acids is 2. The maximum absolute atomic E-state index is 11.7. The Morgan fingerprint density at radius 2 is 1.70 bits per heavy atom. The summed E-state index contributed by atoms with van der Waals surface area (Å²) in [5.41, 5.74) is 1.28. The molecule has 5 nitrogen and oxygen atoms in total. The summed E-state index contributed by atoms with van der Waals surface area (Å²) in [6, 6.07) is 18.1. The molecule has 0 aliphatic carbocycles. The summed E-state index contributed by atoms with van der Waals surface area (Å²) >= 11 is 0. The van der Waals surface area contributed by atoms with Crippen molar-refractivity contribution in [1.82, 2.24) is 10.2 Å². The molecule has 1 aliphatic rings. The molecular formula is C25H30N2O3. The van der Waals surface area contributed by atoms with E-state index in [1.54, 1.807) is 0 Å². The van der Waals surface area contributed by atoms with E-state index in [-0.39, 0.29) is 5.78 Å². The van der Waals surface area contributed by atoms with Crippen molar-refractivity contribution in [2.75, 3.05) is 13.1 Å². The number of hydrogen-bond acceptors (Lipinski definition) is 4. The number of rotatable bonds is 10. The van der Waals surface area contributed by atoms with Crippen LogP contribution in [0.1, 0.15) is 37.7 Å². The van der Waals surface area contributed by atoms with Gasteiger partial charge in [0.2, 0.25) is 5.78 Å². The molecule has 5 heteroatoms. The van der Waals surface area contributed by atoms with E-state index < -0.39 is 5.91 Å². The second-order valence-corrected chi connectivity index (χ2v) is 7.77. The normalized spacial score (nSPS) is 14.8. The summed E-state index contributed by atoms with van der Waals surface area (Å²) < 4.78 is 5.85. The fourth-order valence-corrected chi connectivity index (χ4v) is 3.82. The smallest absolute Gasteiger partial charge is 0.291 e. The zero-order chi connectivity index (χ0) is 21.2. The predicted octanol–water partition coefficient (Wildman–Crippen LogP) is 4.69. The van der Waals surface area contributed by atoms with Crippen molar-refractivity contribution < 1.29 is 14.3 Å². The van der Waals surface area contributed by atoms with E-state index in [1.165, 1.54) is 11.8 Å². The molecule has 0 aromatic heterocycles. The molecule has 1 heterocycles. The van der Waals surface area contributed by atoms with E-state index in [0.717, 1.165) is 56.8 Å². The average Bonchev–Trinajstić information content (AvgIpc) is 2.77. The van der Waals surface area contributed by atoms with E-state index >= 15 is 0 Å². The number of amides is 1. The minimum Gasteiger partial charge on any atom is -0.457 e. The highest BCUT2D eigenvalue weighted by atomic mass is 16.5.